The first-order valence-corrected chi connectivity index (χ1v) is 1.74. The molecule has 0 heterocycles. The molecule has 7 heteroatoms. The highest BCUT2D eigenvalue weighted by molar-refractivity contribution is 5.58. The van der Waals surface area contributed by atoms with Gasteiger partial charge in [0.2, 0.25) is 0 Å². The van der Waals surface area contributed by atoms with E-state index in [-0.39, 0.29) is 0 Å². The maximum atomic E-state index is 9.84. The van der Waals surface area contributed by atoms with Crippen LogP contribution in [0.1, 0.15) is 0 Å². The first-order valence-electron chi connectivity index (χ1n) is 1.74. The lowest BCUT2D eigenvalue weighted by Crippen LogP contribution is -2.08. The molecular weight excluding hydrogens is 134 g/mol. The molecule has 0 radical (unpaired) electrons. The van der Waals surface area contributed by atoms with Crippen molar-refractivity contribution in [1.29, 1.82) is 0 Å². The SMILES string of the molecule is COC(=O)OO[N+](=O)[O-]. The second-order valence-electron chi connectivity index (χ2n) is 0.836. The molecule has 0 aromatic carbocycles. The molecule has 0 atom stereocenters. The Bertz CT molecular complexity index is 120. The summed E-state index contributed by atoms with van der Waals surface area (Å²) in [7, 11) is 0.992. The van der Waals surface area contributed by atoms with E-state index in [9.17, 15) is 14.9 Å². The zero-order chi connectivity index (χ0) is 7.28. The van der Waals surface area contributed by atoms with Gasteiger partial charge in [-0.1, -0.05) is 4.99 Å². The van der Waals surface area contributed by atoms with Crippen molar-refractivity contribution in [3.63, 3.8) is 0 Å². The molecule has 0 N–H and O–H groups in total. The molecule has 0 aromatic heterocycles. The van der Waals surface area contributed by atoms with Crippen molar-refractivity contribution in [2.45, 2.75) is 0 Å². The van der Waals surface area contributed by atoms with Gasteiger partial charge in [0.15, 0.2) is 0 Å². The monoisotopic (exact) mass is 137 g/mol. The third kappa shape index (κ3) is 4.32. The van der Waals surface area contributed by atoms with E-state index >= 15 is 0 Å². The molecule has 0 aliphatic carbocycles. The fourth-order valence-corrected chi connectivity index (χ4v) is 0.0949. The van der Waals surface area contributed by atoms with Crippen molar-refractivity contribution in [3.05, 3.63) is 10.1 Å². The van der Waals surface area contributed by atoms with Crippen LogP contribution < -0.4 is 0 Å². The second-order valence-corrected chi connectivity index (χ2v) is 0.836. The Kier molecular flexibility index (Phi) is 2.88. The molecule has 0 aliphatic heterocycles. The molecule has 0 aromatic rings. The number of nitrogens with zero attached hydrogens (tertiary/aromatic N) is 1. The van der Waals surface area contributed by atoms with Gasteiger partial charge in [-0.2, -0.15) is 0 Å². The van der Waals surface area contributed by atoms with Crippen molar-refractivity contribution in [3.8, 4) is 0 Å². The molecule has 0 bridgehead atoms. The van der Waals surface area contributed by atoms with Crippen molar-refractivity contribution in [1.82, 2.24) is 0 Å². The highest BCUT2D eigenvalue weighted by Crippen LogP contribution is 1.82. The molecule has 0 fully saturated rings. The first kappa shape index (κ1) is 7.47. The van der Waals surface area contributed by atoms with E-state index in [0.717, 1.165) is 7.11 Å². The van der Waals surface area contributed by atoms with Crippen LogP contribution in [0.5, 0.6) is 0 Å². The summed E-state index contributed by atoms with van der Waals surface area (Å²) in [5.41, 5.74) is 0. The fraction of sp³-hybridized carbons (Fsp3) is 0.500. The maximum Gasteiger partial charge on any atom is 0.540 e. The van der Waals surface area contributed by atoms with Crippen molar-refractivity contribution < 1.29 is 24.5 Å². The predicted molar refractivity (Wildman–Crippen MR) is 21.6 cm³/mol. The third-order valence-electron chi connectivity index (χ3n) is 0.333. The average Bonchev–Trinajstić information content (AvgIpc) is 1.83. The Morgan fingerprint density at radius 2 is 2.22 bits per heavy atom. The van der Waals surface area contributed by atoms with Crippen molar-refractivity contribution >= 4 is 6.16 Å². The van der Waals surface area contributed by atoms with Crippen LogP contribution in [0.3, 0.4) is 0 Å². The van der Waals surface area contributed by atoms with E-state index in [1.807, 2.05) is 0 Å². The fourth-order valence-electron chi connectivity index (χ4n) is 0.0949. The van der Waals surface area contributed by atoms with E-state index in [0.29, 0.717) is 0 Å². The van der Waals surface area contributed by atoms with Crippen LogP contribution in [0, 0.1) is 10.1 Å². The molecule has 0 aliphatic rings. The number of carbonyl (C=O) groups is 1. The minimum Gasteiger partial charge on any atom is -0.436 e. The molecule has 0 saturated carbocycles. The summed E-state index contributed by atoms with van der Waals surface area (Å²) < 4.78 is 3.81. The molecule has 9 heavy (non-hydrogen) atoms. The highest BCUT2D eigenvalue weighted by Gasteiger charge is 2.03. The molecule has 0 saturated heterocycles. The van der Waals surface area contributed by atoms with Gasteiger partial charge >= 0.3 is 11.2 Å². The number of hydrogen-bond donors (Lipinski definition) is 0. The van der Waals surface area contributed by atoms with Gasteiger partial charge < -0.3 is 4.74 Å². The van der Waals surface area contributed by atoms with Crippen LogP contribution in [0.4, 0.5) is 4.79 Å². The number of methoxy groups -OCH3 is 1. The zero-order valence-corrected chi connectivity index (χ0v) is 4.40. The molecule has 0 unspecified atom stereocenters. The Morgan fingerprint density at radius 3 is 2.56 bits per heavy atom. The van der Waals surface area contributed by atoms with Crippen LogP contribution in [0.25, 0.3) is 0 Å². The van der Waals surface area contributed by atoms with Gasteiger partial charge in [-0.3, -0.25) is 0 Å². The largest absolute Gasteiger partial charge is 0.540 e. The zero-order valence-electron chi connectivity index (χ0n) is 4.40. The predicted octanol–water partition coefficient (Wildman–Crippen LogP) is -0.107. The smallest absolute Gasteiger partial charge is 0.436 e. The van der Waals surface area contributed by atoms with E-state index in [2.05, 4.69) is 14.6 Å². The van der Waals surface area contributed by atoms with Crippen molar-refractivity contribution in [2.24, 2.45) is 0 Å². The minimum atomic E-state index is -1.28. The van der Waals surface area contributed by atoms with Gasteiger partial charge in [-0.25, -0.2) is 9.68 Å². The third-order valence-corrected chi connectivity index (χ3v) is 0.333. The lowest BCUT2D eigenvalue weighted by atomic mass is 11.4. The molecule has 0 spiro atoms. The average molecular weight is 137 g/mol. The molecule has 0 amide bonds. The number of rotatable bonds is 2. The van der Waals surface area contributed by atoms with Crippen LogP contribution in [-0.4, -0.2) is 18.4 Å². The second kappa shape index (κ2) is 3.47. The summed E-state index contributed by atoms with van der Waals surface area (Å²) in [6, 6.07) is 0. The standard InChI is InChI=1S/C2H3NO6/c1-7-2(4)8-9-3(5)6/h1H3. The lowest BCUT2D eigenvalue weighted by molar-refractivity contribution is -0.840. The molecule has 52 valence electrons. The summed E-state index contributed by atoms with van der Waals surface area (Å²) in [6.45, 7) is 0. The quantitative estimate of drug-likeness (QED) is 0.228. The van der Waals surface area contributed by atoms with E-state index < -0.39 is 11.2 Å². The maximum absolute atomic E-state index is 9.84. The molecule has 0 rings (SSSR count). The lowest BCUT2D eigenvalue weighted by Gasteiger charge is -1.93. The Labute approximate surface area is 49.1 Å². The summed E-state index contributed by atoms with van der Waals surface area (Å²) in [4.78, 5) is 25.6. The van der Waals surface area contributed by atoms with Crippen LogP contribution in [0.2, 0.25) is 0 Å². The van der Waals surface area contributed by atoms with Crippen LogP contribution >= 0.6 is 0 Å². The summed E-state index contributed by atoms with van der Waals surface area (Å²) in [6.07, 6.45) is -1.27. The number of ether oxygens (including phenoxy) is 1. The van der Waals surface area contributed by atoms with Crippen molar-refractivity contribution in [2.75, 3.05) is 7.11 Å². The summed E-state index contributed by atoms with van der Waals surface area (Å²) in [5, 5.41) is 7.99. The minimum absolute atomic E-state index is 0.992. The van der Waals surface area contributed by atoms with Crippen LogP contribution in [-0.2, 0) is 14.6 Å². The molecule has 7 nitrogen and oxygen atoms in total. The summed E-state index contributed by atoms with van der Waals surface area (Å²) >= 11 is 0. The van der Waals surface area contributed by atoms with Gasteiger partial charge in [0.05, 0.1) is 7.11 Å². The number of hydrogen-bond acceptors (Lipinski definition) is 6. The van der Waals surface area contributed by atoms with E-state index in [1.165, 1.54) is 0 Å². The van der Waals surface area contributed by atoms with Gasteiger partial charge in [-0.05, 0) is 0 Å². The Morgan fingerprint density at radius 1 is 1.67 bits per heavy atom. The normalized spacial score (nSPS) is 7.67. The van der Waals surface area contributed by atoms with Gasteiger partial charge in [0.25, 0.3) is 0 Å². The Hall–Kier alpha value is -1.53. The highest BCUT2D eigenvalue weighted by atomic mass is 17.4. The van der Waals surface area contributed by atoms with E-state index in [1.54, 1.807) is 0 Å². The first-order chi connectivity index (χ1) is 4.16. The van der Waals surface area contributed by atoms with Gasteiger partial charge in [-0.15, -0.1) is 10.1 Å². The Balaban J connectivity index is 3.28. The van der Waals surface area contributed by atoms with E-state index in [4.69, 9.17) is 0 Å². The topological polar surface area (TPSA) is 87.9 Å². The van der Waals surface area contributed by atoms with Crippen LogP contribution in [0.15, 0.2) is 0 Å². The van der Waals surface area contributed by atoms with Gasteiger partial charge in [0.1, 0.15) is 0 Å². The molecular formula is C2H3NO6. The van der Waals surface area contributed by atoms with Gasteiger partial charge in [0, 0.05) is 0 Å². The number of carbonyl (C=O) groups excluding carboxylic acids is 1. The summed E-state index contributed by atoms with van der Waals surface area (Å²) in [5.74, 6) is 0.